The molecule has 3 N–H and O–H groups in total. The van der Waals surface area contributed by atoms with Gasteiger partial charge in [-0.3, -0.25) is 5.32 Å². The molecule has 2 aromatic rings. The number of amides is 2. The molecule has 1 heterocycles. The van der Waals surface area contributed by atoms with E-state index >= 15 is 0 Å². The SMILES string of the molecule is Cc1ccc(S(=O)(=O)NC(=O)Nc2ccc[nH]2)cc1. The Morgan fingerprint density at radius 1 is 1.16 bits per heavy atom. The molecule has 1 aromatic heterocycles. The molecule has 100 valence electrons. The maximum absolute atomic E-state index is 11.9. The fraction of sp³-hybridized carbons (Fsp3) is 0.0833. The normalized spacial score (nSPS) is 11.0. The van der Waals surface area contributed by atoms with E-state index in [1.165, 1.54) is 12.1 Å². The van der Waals surface area contributed by atoms with E-state index < -0.39 is 16.1 Å². The smallest absolute Gasteiger partial charge is 0.334 e. The van der Waals surface area contributed by atoms with Crippen molar-refractivity contribution in [2.75, 3.05) is 5.32 Å². The van der Waals surface area contributed by atoms with Crippen LogP contribution in [-0.4, -0.2) is 19.4 Å². The van der Waals surface area contributed by atoms with Crippen molar-refractivity contribution in [3.05, 3.63) is 48.2 Å². The first-order valence-electron chi connectivity index (χ1n) is 5.51. The van der Waals surface area contributed by atoms with Gasteiger partial charge in [0, 0.05) is 6.20 Å². The summed E-state index contributed by atoms with van der Waals surface area (Å²) in [6, 6.07) is 8.69. The van der Waals surface area contributed by atoms with Gasteiger partial charge in [0.1, 0.15) is 5.82 Å². The number of sulfonamides is 1. The number of H-pyrrole nitrogens is 1. The number of benzene rings is 1. The van der Waals surface area contributed by atoms with Crippen LogP contribution in [0.4, 0.5) is 10.6 Å². The van der Waals surface area contributed by atoms with Crippen molar-refractivity contribution in [2.45, 2.75) is 11.8 Å². The highest BCUT2D eigenvalue weighted by atomic mass is 32.2. The van der Waals surface area contributed by atoms with Crippen molar-refractivity contribution in [1.82, 2.24) is 9.71 Å². The minimum Gasteiger partial charge on any atom is -0.348 e. The zero-order valence-corrected chi connectivity index (χ0v) is 11.0. The number of hydrogen-bond donors (Lipinski definition) is 3. The van der Waals surface area contributed by atoms with Crippen molar-refractivity contribution < 1.29 is 13.2 Å². The van der Waals surface area contributed by atoms with Crippen molar-refractivity contribution >= 4 is 21.9 Å². The maximum atomic E-state index is 11.9. The zero-order valence-electron chi connectivity index (χ0n) is 10.2. The summed E-state index contributed by atoms with van der Waals surface area (Å²) >= 11 is 0. The summed E-state index contributed by atoms with van der Waals surface area (Å²) in [5, 5.41) is 2.37. The van der Waals surface area contributed by atoms with Gasteiger partial charge < -0.3 is 4.98 Å². The second-order valence-electron chi connectivity index (χ2n) is 3.96. The summed E-state index contributed by atoms with van der Waals surface area (Å²) < 4.78 is 25.7. The first-order valence-corrected chi connectivity index (χ1v) is 6.99. The molecule has 0 spiro atoms. The lowest BCUT2D eigenvalue weighted by Gasteiger charge is -2.07. The van der Waals surface area contributed by atoms with E-state index in [4.69, 9.17) is 0 Å². The van der Waals surface area contributed by atoms with Crippen LogP contribution < -0.4 is 10.0 Å². The quantitative estimate of drug-likeness (QED) is 0.800. The van der Waals surface area contributed by atoms with Gasteiger partial charge in [-0.2, -0.15) is 0 Å². The van der Waals surface area contributed by atoms with Gasteiger partial charge in [-0.15, -0.1) is 0 Å². The summed E-state index contributed by atoms with van der Waals surface area (Å²) in [7, 11) is -3.86. The molecule has 0 atom stereocenters. The standard InChI is InChI=1S/C12H13N3O3S/c1-9-4-6-10(7-5-9)19(17,18)15-12(16)14-11-3-2-8-13-11/h2-8,13H,1H3,(H2,14,15,16). The van der Waals surface area contributed by atoms with E-state index in [0.29, 0.717) is 5.82 Å². The molecule has 2 amide bonds. The lowest BCUT2D eigenvalue weighted by molar-refractivity contribution is 0.256. The number of aromatic nitrogens is 1. The molecule has 0 aliphatic heterocycles. The molecule has 0 radical (unpaired) electrons. The van der Waals surface area contributed by atoms with E-state index in [0.717, 1.165) is 5.56 Å². The maximum Gasteiger partial charge on any atom is 0.334 e. The summed E-state index contributed by atoms with van der Waals surface area (Å²) in [5.74, 6) is 0.414. The number of hydrogen-bond acceptors (Lipinski definition) is 3. The number of aryl methyl sites for hydroxylation is 1. The Labute approximate surface area is 110 Å². The summed E-state index contributed by atoms with van der Waals surface area (Å²) in [6.07, 6.45) is 1.62. The topological polar surface area (TPSA) is 91.1 Å². The van der Waals surface area contributed by atoms with E-state index in [9.17, 15) is 13.2 Å². The van der Waals surface area contributed by atoms with Gasteiger partial charge >= 0.3 is 6.03 Å². The van der Waals surface area contributed by atoms with Crippen LogP contribution in [0.2, 0.25) is 0 Å². The summed E-state index contributed by atoms with van der Waals surface area (Å²) in [6.45, 7) is 1.85. The molecule has 0 aliphatic carbocycles. The van der Waals surface area contributed by atoms with Crippen LogP contribution in [0, 0.1) is 6.92 Å². The van der Waals surface area contributed by atoms with Gasteiger partial charge in [0.05, 0.1) is 4.90 Å². The van der Waals surface area contributed by atoms with E-state index in [-0.39, 0.29) is 4.90 Å². The molecule has 0 saturated heterocycles. The number of anilines is 1. The predicted octanol–water partition coefficient (Wildman–Crippen LogP) is 1.83. The van der Waals surface area contributed by atoms with Crippen LogP contribution in [-0.2, 0) is 10.0 Å². The van der Waals surface area contributed by atoms with E-state index in [1.807, 2.05) is 11.6 Å². The summed E-state index contributed by atoms with van der Waals surface area (Å²) in [4.78, 5) is 14.3. The highest BCUT2D eigenvalue weighted by molar-refractivity contribution is 7.90. The molecule has 0 saturated carbocycles. The van der Waals surface area contributed by atoms with Crippen molar-refractivity contribution in [3.63, 3.8) is 0 Å². The Morgan fingerprint density at radius 3 is 2.42 bits per heavy atom. The molecular formula is C12H13N3O3S. The Hall–Kier alpha value is -2.28. The van der Waals surface area contributed by atoms with Crippen LogP contribution >= 0.6 is 0 Å². The largest absolute Gasteiger partial charge is 0.348 e. The average molecular weight is 279 g/mol. The second-order valence-corrected chi connectivity index (χ2v) is 5.64. The number of aromatic amines is 1. The molecule has 19 heavy (non-hydrogen) atoms. The molecule has 7 heteroatoms. The van der Waals surface area contributed by atoms with Crippen LogP contribution in [0.5, 0.6) is 0 Å². The molecule has 0 bridgehead atoms. The number of rotatable bonds is 3. The number of carbonyl (C=O) groups excluding carboxylic acids is 1. The lowest BCUT2D eigenvalue weighted by Crippen LogP contribution is -2.34. The van der Waals surface area contributed by atoms with Crippen LogP contribution in [0.1, 0.15) is 5.56 Å². The minimum atomic E-state index is -3.86. The molecule has 6 nitrogen and oxygen atoms in total. The Bertz CT molecular complexity index is 661. The Morgan fingerprint density at radius 2 is 1.84 bits per heavy atom. The van der Waals surface area contributed by atoms with Gasteiger partial charge in [0.25, 0.3) is 10.0 Å². The third kappa shape index (κ3) is 3.35. The Kier molecular flexibility index (Phi) is 3.57. The average Bonchev–Trinajstić information content (AvgIpc) is 2.81. The van der Waals surface area contributed by atoms with Gasteiger partial charge in [-0.05, 0) is 31.2 Å². The number of carbonyl (C=O) groups is 1. The number of nitrogens with one attached hydrogen (secondary N) is 3. The predicted molar refractivity (Wildman–Crippen MR) is 71.3 cm³/mol. The third-order valence-corrected chi connectivity index (χ3v) is 3.75. The minimum absolute atomic E-state index is 0.0414. The molecule has 0 aliphatic rings. The van der Waals surface area contributed by atoms with Gasteiger partial charge in [0.2, 0.25) is 0 Å². The van der Waals surface area contributed by atoms with Gasteiger partial charge in [0.15, 0.2) is 0 Å². The fourth-order valence-corrected chi connectivity index (χ4v) is 2.36. The van der Waals surface area contributed by atoms with E-state index in [1.54, 1.807) is 30.5 Å². The van der Waals surface area contributed by atoms with E-state index in [2.05, 4.69) is 10.3 Å². The molecule has 0 fully saturated rings. The molecule has 0 unspecified atom stereocenters. The van der Waals surface area contributed by atoms with Gasteiger partial charge in [-0.1, -0.05) is 17.7 Å². The molecule has 2 rings (SSSR count). The first kappa shape index (κ1) is 13.2. The Balaban J connectivity index is 2.09. The van der Waals surface area contributed by atoms with Crippen LogP contribution in [0.25, 0.3) is 0 Å². The third-order valence-electron chi connectivity index (χ3n) is 2.40. The van der Waals surface area contributed by atoms with Gasteiger partial charge in [-0.25, -0.2) is 17.9 Å². The second kappa shape index (κ2) is 5.15. The first-order chi connectivity index (χ1) is 8.97. The highest BCUT2D eigenvalue weighted by Gasteiger charge is 2.17. The summed E-state index contributed by atoms with van der Waals surface area (Å²) in [5.41, 5.74) is 0.940. The zero-order chi connectivity index (χ0) is 13.9. The lowest BCUT2D eigenvalue weighted by atomic mass is 10.2. The van der Waals surface area contributed by atoms with Crippen molar-refractivity contribution in [3.8, 4) is 0 Å². The van der Waals surface area contributed by atoms with Crippen LogP contribution in [0.3, 0.4) is 0 Å². The van der Waals surface area contributed by atoms with Crippen LogP contribution in [0.15, 0.2) is 47.5 Å². The monoisotopic (exact) mass is 279 g/mol. The van der Waals surface area contributed by atoms with Crippen molar-refractivity contribution in [2.24, 2.45) is 0 Å². The molecular weight excluding hydrogens is 266 g/mol. The highest BCUT2D eigenvalue weighted by Crippen LogP contribution is 2.10. The fourth-order valence-electron chi connectivity index (χ4n) is 1.45. The number of urea groups is 1. The van der Waals surface area contributed by atoms with Crippen molar-refractivity contribution in [1.29, 1.82) is 0 Å². The molecule has 1 aromatic carbocycles.